The summed E-state index contributed by atoms with van der Waals surface area (Å²) in [6.45, 7) is 7.64. The van der Waals surface area contributed by atoms with Crippen LogP contribution in [0.4, 0.5) is 4.79 Å². The van der Waals surface area contributed by atoms with Crippen LogP contribution in [-0.2, 0) is 9.53 Å². The number of piperazine rings is 1. The molecule has 0 bridgehead atoms. The van der Waals surface area contributed by atoms with Crippen molar-refractivity contribution >= 4 is 12.0 Å². The highest BCUT2D eigenvalue weighted by molar-refractivity contribution is 5.78. The Labute approximate surface area is 143 Å². The van der Waals surface area contributed by atoms with Gasteiger partial charge in [-0.25, -0.2) is 4.79 Å². The Morgan fingerprint density at radius 3 is 2.42 bits per heavy atom. The fraction of sp³-hybridized carbons (Fsp3) is 0.556. The van der Waals surface area contributed by atoms with Crippen LogP contribution in [0.5, 0.6) is 5.75 Å². The van der Waals surface area contributed by atoms with Crippen molar-refractivity contribution in [3.63, 3.8) is 0 Å². The first-order chi connectivity index (χ1) is 11.4. The zero-order chi connectivity index (χ0) is 17.7. The van der Waals surface area contributed by atoms with E-state index in [0.29, 0.717) is 31.3 Å². The minimum atomic E-state index is -0.351. The summed E-state index contributed by atoms with van der Waals surface area (Å²) in [6.07, 6.45) is -0.351. The van der Waals surface area contributed by atoms with E-state index in [0.717, 1.165) is 0 Å². The van der Waals surface area contributed by atoms with Crippen LogP contribution in [0.3, 0.4) is 0 Å². The molecule has 1 fully saturated rings. The van der Waals surface area contributed by atoms with Gasteiger partial charge in [0.1, 0.15) is 5.75 Å². The molecule has 0 aliphatic carbocycles. The number of methoxy groups -OCH3 is 1. The monoisotopic (exact) mass is 334 g/mol. The standard InChI is InChI=1S/C18H26N2O4/c1-13(2)15-5-7-16(8-6-15)24-12-17(21)19-9-10-20(14(3)11-19)18(22)23-4/h5-8,13-14H,9-12H2,1-4H3/t14-/m0/s1. The molecule has 6 nitrogen and oxygen atoms in total. The molecule has 0 N–H and O–H groups in total. The predicted molar refractivity (Wildman–Crippen MR) is 91.2 cm³/mol. The average molecular weight is 334 g/mol. The lowest BCUT2D eigenvalue weighted by Crippen LogP contribution is -2.56. The number of carbonyl (C=O) groups is 2. The summed E-state index contributed by atoms with van der Waals surface area (Å²) in [6, 6.07) is 7.74. The van der Waals surface area contributed by atoms with E-state index < -0.39 is 0 Å². The van der Waals surface area contributed by atoms with Gasteiger partial charge < -0.3 is 19.3 Å². The van der Waals surface area contributed by atoms with Gasteiger partial charge in [0, 0.05) is 25.7 Å². The van der Waals surface area contributed by atoms with Crippen LogP contribution < -0.4 is 4.74 Å². The summed E-state index contributed by atoms with van der Waals surface area (Å²) < 4.78 is 10.3. The molecule has 1 heterocycles. The van der Waals surface area contributed by atoms with Gasteiger partial charge >= 0.3 is 6.09 Å². The van der Waals surface area contributed by atoms with Gasteiger partial charge in [0.2, 0.25) is 0 Å². The van der Waals surface area contributed by atoms with Crippen LogP contribution in [0, 0.1) is 0 Å². The number of rotatable bonds is 4. The van der Waals surface area contributed by atoms with Crippen LogP contribution in [0.2, 0.25) is 0 Å². The van der Waals surface area contributed by atoms with E-state index in [1.807, 2.05) is 31.2 Å². The minimum Gasteiger partial charge on any atom is -0.484 e. The Kier molecular flexibility index (Phi) is 6.06. The van der Waals surface area contributed by atoms with Crippen molar-refractivity contribution in [2.24, 2.45) is 0 Å². The van der Waals surface area contributed by atoms with E-state index in [2.05, 4.69) is 13.8 Å². The molecule has 0 radical (unpaired) electrons. The molecule has 0 spiro atoms. The summed E-state index contributed by atoms with van der Waals surface area (Å²) in [5.41, 5.74) is 1.24. The van der Waals surface area contributed by atoms with E-state index in [9.17, 15) is 9.59 Å². The van der Waals surface area contributed by atoms with Gasteiger partial charge in [-0.3, -0.25) is 4.79 Å². The molecule has 1 atom stereocenters. The molecule has 1 aliphatic rings. The maximum absolute atomic E-state index is 12.3. The second-order valence-electron chi connectivity index (χ2n) is 6.36. The van der Waals surface area contributed by atoms with Crippen molar-refractivity contribution in [1.29, 1.82) is 0 Å². The van der Waals surface area contributed by atoms with Gasteiger partial charge in [0.15, 0.2) is 6.61 Å². The molecule has 24 heavy (non-hydrogen) atoms. The zero-order valence-corrected chi connectivity index (χ0v) is 14.8. The summed E-state index contributed by atoms with van der Waals surface area (Å²) in [5.74, 6) is 1.08. The minimum absolute atomic E-state index is 0.00592. The first kappa shape index (κ1) is 18.1. The van der Waals surface area contributed by atoms with E-state index in [4.69, 9.17) is 9.47 Å². The largest absolute Gasteiger partial charge is 0.484 e. The van der Waals surface area contributed by atoms with E-state index >= 15 is 0 Å². The smallest absolute Gasteiger partial charge is 0.409 e. The number of benzene rings is 1. The van der Waals surface area contributed by atoms with Crippen molar-refractivity contribution in [3.8, 4) is 5.75 Å². The van der Waals surface area contributed by atoms with Crippen LogP contribution in [0.15, 0.2) is 24.3 Å². The first-order valence-corrected chi connectivity index (χ1v) is 8.27. The first-order valence-electron chi connectivity index (χ1n) is 8.27. The Morgan fingerprint density at radius 1 is 1.21 bits per heavy atom. The van der Waals surface area contributed by atoms with Crippen molar-refractivity contribution in [2.75, 3.05) is 33.4 Å². The molecule has 1 aromatic rings. The number of ether oxygens (including phenoxy) is 2. The molecule has 0 aromatic heterocycles. The number of hydrogen-bond donors (Lipinski definition) is 0. The third kappa shape index (κ3) is 4.40. The van der Waals surface area contributed by atoms with Crippen LogP contribution in [0.25, 0.3) is 0 Å². The van der Waals surface area contributed by atoms with Crippen molar-refractivity contribution < 1.29 is 19.1 Å². The molecule has 6 heteroatoms. The Bertz CT molecular complexity index is 571. The molecule has 0 unspecified atom stereocenters. The number of carbonyl (C=O) groups excluding carboxylic acids is 2. The molecular weight excluding hydrogens is 308 g/mol. The average Bonchev–Trinajstić information content (AvgIpc) is 2.59. The summed E-state index contributed by atoms with van der Waals surface area (Å²) >= 11 is 0. The summed E-state index contributed by atoms with van der Waals surface area (Å²) in [7, 11) is 1.37. The number of hydrogen-bond acceptors (Lipinski definition) is 4. The molecule has 1 saturated heterocycles. The van der Waals surface area contributed by atoms with Gasteiger partial charge in [-0.2, -0.15) is 0 Å². The fourth-order valence-electron chi connectivity index (χ4n) is 2.76. The fourth-order valence-corrected chi connectivity index (χ4v) is 2.76. The van der Waals surface area contributed by atoms with Gasteiger partial charge in [0.05, 0.1) is 7.11 Å². The van der Waals surface area contributed by atoms with Crippen LogP contribution in [0.1, 0.15) is 32.3 Å². The van der Waals surface area contributed by atoms with Crippen molar-refractivity contribution in [3.05, 3.63) is 29.8 Å². The second kappa shape index (κ2) is 8.04. The molecule has 132 valence electrons. The van der Waals surface area contributed by atoms with E-state index in [1.54, 1.807) is 9.80 Å². The topological polar surface area (TPSA) is 59.1 Å². The van der Waals surface area contributed by atoms with Gasteiger partial charge in [0.25, 0.3) is 5.91 Å². The quantitative estimate of drug-likeness (QED) is 0.849. The Hall–Kier alpha value is -2.24. The van der Waals surface area contributed by atoms with Crippen molar-refractivity contribution in [2.45, 2.75) is 32.7 Å². The van der Waals surface area contributed by atoms with Gasteiger partial charge in [-0.1, -0.05) is 26.0 Å². The lowest BCUT2D eigenvalue weighted by molar-refractivity contribution is -0.135. The molecular formula is C18H26N2O4. The van der Waals surface area contributed by atoms with E-state index in [1.165, 1.54) is 12.7 Å². The lowest BCUT2D eigenvalue weighted by Gasteiger charge is -2.38. The molecule has 1 aliphatic heterocycles. The maximum atomic E-state index is 12.3. The lowest BCUT2D eigenvalue weighted by atomic mass is 10.0. The highest BCUT2D eigenvalue weighted by Gasteiger charge is 2.30. The maximum Gasteiger partial charge on any atom is 0.409 e. The highest BCUT2D eigenvalue weighted by Crippen LogP contribution is 2.19. The second-order valence-corrected chi connectivity index (χ2v) is 6.36. The van der Waals surface area contributed by atoms with E-state index in [-0.39, 0.29) is 24.6 Å². The van der Waals surface area contributed by atoms with Crippen LogP contribution >= 0.6 is 0 Å². The normalized spacial score (nSPS) is 17.8. The number of nitrogens with zero attached hydrogens (tertiary/aromatic N) is 2. The Morgan fingerprint density at radius 2 is 1.88 bits per heavy atom. The Balaban J connectivity index is 1.84. The van der Waals surface area contributed by atoms with Crippen molar-refractivity contribution in [1.82, 2.24) is 9.80 Å². The molecule has 2 amide bonds. The third-order valence-corrected chi connectivity index (χ3v) is 4.30. The highest BCUT2D eigenvalue weighted by atomic mass is 16.5. The third-order valence-electron chi connectivity index (χ3n) is 4.30. The summed E-state index contributed by atoms with van der Waals surface area (Å²) in [4.78, 5) is 27.3. The molecule has 0 saturated carbocycles. The molecule has 2 rings (SSSR count). The predicted octanol–water partition coefficient (Wildman–Crippen LogP) is 2.49. The SMILES string of the molecule is COC(=O)N1CCN(C(=O)COc2ccc(C(C)C)cc2)C[C@@H]1C. The van der Waals surface area contributed by atoms with Gasteiger partial charge in [-0.05, 0) is 30.5 Å². The zero-order valence-electron chi connectivity index (χ0n) is 14.8. The molecule has 1 aromatic carbocycles. The number of amides is 2. The summed E-state index contributed by atoms with van der Waals surface area (Å²) in [5, 5.41) is 0. The van der Waals surface area contributed by atoms with Crippen LogP contribution in [-0.4, -0.2) is 61.2 Å². The van der Waals surface area contributed by atoms with Gasteiger partial charge in [-0.15, -0.1) is 0 Å².